The molecule has 4 rings (SSSR count). The molecule has 7 nitrogen and oxygen atoms in total. The first kappa shape index (κ1) is 26.1. The van der Waals surface area contributed by atoms with Crippen molar-refractivity contribution in [1.82, 2.24) is 15.2 Å². The number of aromatic nitrogens is 1. The van der Waals surface area contributed by atoms with Crippen molar-refractivity contribution in [1.29, 1.82) is 0 Å². The molecule has 3 heterocycles. The minimum Gasteiger partial charge on any atom is -0.479 e. The number of fused-ring (bicyclic) bond motifs is 1. The molecule has 3 atom stereocenters. The molecule has 1 aromatic carbocycles. The summed E-state index contributed by atoms with van der Waals surface area (Å²) in [7, 11) is 0. The van der Waals surface area contributed by atoms with E-state index in [-0.39, 0.29) is 24.1 Å². The summed E-state index contributed by atoms with van der Waals surface area (Å²) in [5.74, 6) is -0.00658. The number of nitrogens with zero attached hydrogens (tertiary/aromatic N) is 3. The molecule has 36 heavy (non-hydrogen) atoms. The van der Waals surface area contributed by atoms with E-state index in [0.717, 1.165) is 54.1 Å². The number of hydrogen-bond acceptors (Lipinski definition) is 5. The van der Waals surface area contributed by atoms with Crippen LogP contribution in [0.4, 0.5) is 10.5 Å². The number of rotatable bonds is 7. The van der Waals surface area contributed by atoms with E-state index >= 15 is 0 Å². The van der Waals surface area contributed by atoms with Crippen LogP contribution in [-0.2, 0) is 16.1 Å². The van der Waals surface area contributed by atoms with Crippen molar-refractivity contribution in [3.63, 3.8) is 0 Å². The molecule has 0 radical (unpaired) electrons. The van der Waals surface area contributed by atoms with Gasteiger partial charge in [0.15, 0.2) is 0 Å². The summed E-state index contributed by atoms with van der Waals surface area (Å²) in [4.78, 5) is 34.2. The molecule has 0 bridgehead atoms. The fourth-order valence-electron chi connectivity index (χ4n) is 5.40. The molecule has 1 fully saturated rings. The first-order valence-electron chi connectivity index (χ1n) is 13.3. The molecule has 1 N–H and O–H groups in total. The number of anilines is 1. The van der Waals surface area contributed by atoms with Crippen LogP contribution >= 0.6 is 0 Å². The standard InChI is InChI=1S/C29H39N4O3/c1-5-25(6-2)36-29(35)31-27-16-20(3)33(21(4)34)28-13-11-22(17-26(27)28)23-10-12-24(30-18-23)19-32-14-8-7-9-15-32/h5,10-13,17-18,20,25,27H,6-9,14-16,19H2,1-4H3,(H,31,35)/q-1. The average molecular weight is 492 g/mol. The third-order valence-electron chi connectivity index (χ3n) is 7.34. The van der Waals surface area contributed by atoms with Gasteiger partial charge in [-0.25, -0.2) is 4.79 Å². The number of pyridine rings is 1. The zero-order valence-corrected chi connectivity index (χ0v) is 22.0. The highest BCUT2D eigenvalue weighted by molar-refractivity contribution is 5.94. The summed E-state index contributed by atoms with van der Waals surface area (Å²) >= 11 is 0. The van der Waals surface area contributed by atoms with Gasteiger partial charge in [-0.05, 0) is 81.1 Å². The second-order valence-electron chi connectivity index (χ2n) is 10.0. The molecule has 2 aliphatic heterocycles. The fraction of sp³-hybridized carbons (Fsp3) is 0.517. The highest BCUT2D eigenvalue weighted by Crippen LogP contribution is 2.39. The maximum atomic E-state index is 12.7. The van der Waals surface area contributed by atoms with Gasteiger partial charge in [-0.2, -0.15) is 6.92 Å². The van der Waals surface area contributed by atoms with Crippen LogP contribution in [0, 0.1) is 6.42 Å². The first-order valence-corrected chi connectivity index (χ1v) is 13.3. The van der Waals surface area contributed by atoms with Crippen LogP contribution in [0.15, 0.2) is 36.5 Å². The Morgan fingerprint density at radius 1 is 1.17 bits per heavy atom. The number of nitrogens with one attached hydrogen (secondary N) is 1. The summed E-state index contributed by atoms with van der Waals surface area (Å²) in [5.41, 5.74) is 4.86. The predicted octanol–water partition coefficient (Wildman–Crippen LogP) is 5.65. The number of alkyl carbamates (subject to hydrolysis) is 1. The maximum Gasteiger partial charge on any atom is 0.405 e. The lowest BCUT2D eigenvalue weighted by Gasteiger charge is -2.39. The molecule has 0 aliphatic carbocycles. The van der Waals surface area contributed by atoms with Gasteiger partial charge in [-0.15, -0.1) is 0 Å². The Kier molecular flexibility index (Phi) is 8.62. The molecule has 194 valence electrons. The van der Waals surface area contributed by atoms with Crippen LogP contribution in [0.3, 0.4) is 0 Å². The van der Waals surface area contributed by atoms with Crippen molar-refractivity contribution in [3.05, 3.63) is 54.2 Å². The monoisotopic (exact) mass is 491 g/mol. The quantitative estimate of drug-likeness (QED) is 0.507. The number of hydrogen-bond donors (Lipinski definition) is 1. The second-order valence-corrected chi connectivity index (χ2v) is 10.0. The molecule has 0 spiro atoms. The van der Waals surface area contributed by atoms with Crippen molar-refractivity contribution < 1.29 is 14.3 Å². The van der Waals surface area contributed by atoms with Gasteiger partial charge in [0, 0.05) is 37.0 Å². The molecule has 2 amide bonds. The summed E-state index contributed by atoms with van der Waals surface area (Å²) in [6, 6.07) is 10.0. The number of ether oxygens (including phenoxy) is 1. The lowest BCUT2D eigenvalue weighted by molar-refractivity contribution is -0.117. The maximum absolute atomic E-state index is 12.7. The summed E-state index contributed by atoms with van der Waals surface area (Å²) in [6.07, 6.45) is 8.35. The third kappa shape index (κ3) is 6.06. The lowest BCUT2D eigenvalue weighted by atomic mass is 9.89. The van der Waals surface area contributed by atoms with Crippen LogP contribution in [0.25, 0.3) is 11.1 Å². The molecule has 0 saturated carbocycles. The number of amides is 2. The number of piperidine rings is 1. The molecular weight excluding hydrogens is 452 g/mol. The van der Waals surface area contributed by atoms with Crippen molar-refractivity contribution in [2.24, 2.45) is 0 Å². The number of carbonyl (C=O) groups is 2. The molecule has 1 saturated heterocycles. The zero-order chi connectivity index (χ0) is 25.7. The van der Waals surface area contributed by atoms with Crippen LogP contribution in [-0.4, -0.2) is 47.1 Å². The van der Waals surface area contributed by atoms with Gasteiger partial charge in [0.25, 0.3) is 0 Å². The Hall–Kier alpha value is -2.93. The van der Waals surface area contributed by atoms with E-state index < -0.39 is 6.09 Å². The van der Waals surface area contributed by atoms with Gasteiger partial charge < -0.3 is 15.0 Å². The zero-order valence-electron chi connectivity index (χ0n) is 22.0. The minimum atomic E-state index is -0.437. The van der Waals surface area contributed by atoms with E-state index in [1.54, 1.807) is 6.92 Å². The van der Waals surface area contributed by atoms with E-state index in [0.29, 0.717) is 6.42 Å². The summed E-state index contributed by atoms with van der Waals surface area (Å²) < 4.78 is 5.57. The first-order chi connectivity index (χ1) is 17.4. The Labute approximate surface area is 215 Å². The number of likely N-dealkylation sites (tertiary alicyclic amines) is 1. The van der Waals surface area contributed by atoms with Crippen LogP contribution in [0.2, 0.25) is 0 Å². The normalized spacial score (nSPS) is 20.9. The Balaban J connectivity index is 1.57. The summed E-state index contributed by atoms with van der Waals surface area (Å²) in [5, 5.41) is 3.06. The minimum absolute atomic E-state index is 0.00658. The van der Waals surface area contributed by atoms with E-state index in [9.17, 15) is 9.59 Å². The van der Waals surface area contributed by atoms with E-state index in [1.807, 2.05) is 50.4 Å². The van der Waals surface area contributed by atoms with E-state index in [2.05, 4.69) is 28.4 Å². The highest BCUT2D eigenvalue weighted by Gasteiger charge is 2.33. The molecule has 2 aliphatic rings. The Morgan fingerprint density at radius 3 is 2.56 bits per heavy atom. The van der Waals surface area contributed by atoms with Gasteiger partial charge in [0.05, 0.1) is 11.7 Å². The van der Waals surface area contributed by atoms with Crippen molar-refractivity contribution in [2.45, 2.75) is 84.5 Å². The lowest BCUT2D eigenvalue weighted by Crippen LogP contribution is -2.45. The van der Waals surface area contributed by atoms with Crippen LogP contribution in [0.1, 0.15) is 77.1 Å². The smallest absolute Gasteiger partial charge is 0.405 e. The topological polar surface area (TPSA) is 74.8 Å². The third-order valence-corrected chi connectivity index (χ3v) is 7.34. The highest BCUT2D eigenvalue weighted by atomic mass is 16.6. The Bertz CT molecular complexity index is 1040. The van der Waals surface area contributed by atoms with E-state index in [1.165, 1.54) is 19.3 Å². The average Bonchev–Trinajstić information content (AvgIpc) is 2.88. The summed E-state index contributed by atoms with van der Waals surface area (Å²) in [6.45, 7) is 10.7. The second kappa shape index (κ2) is 11.9. The van der Waals surface area contributed by atoms with Gasteiger partial charge >= 0.3 is 6.09 Å². The largest absolute Gasteiger partial charge is 0.479 e. The Morgan fingerprint density at radius 2 is 1.92 bits per heavy atom. The fourth-order valence-corrected chi connectivity index (χ4v) is 5.40. The van der Waals surface area contributed by atoms with Crippen molar-refractivity contribution in [2.75, 3.05) is 18.0 Å². The molecule has 1 aromatic heterocycles. The molecule has 3 unspecified atom stereocenters. The van der Waals surface area contributed by atoms with Crippen molar-refractivity contribution >= 4 is 17.7 Å². The van der Waals surface area contributed by atoms with Crippen LogP contribution < -0.4 is 10.2 Å². The molecule has 2 aromatic rings. The van der Waals surface area contributed by atoms with Gasteiger partial charge in [0.1, 0.15) is 0 Å². The SMILES string of the molecule is C[CH-]C(CC)OC(=O)NC1CC(C)N(C(C)=O)c2ccc(-c3ccc(CN4CCCCC4)nc3)cc21. The van der Waals surface area contributed by atoms with Gasteiger partial charge in [-0.1, -0.05) is 25.5 Å². The van der Waals surface area contributed by atoms with Crippen LogP contribution in [0.5, 0.6) is 0 Å². The molecule has 7 heteroatoms. The predicted molar refractivity (Wildman–Crippen MR) is 142 cm³/mol. The number of carbonyl (C=O) groups excluding carboxylic acids is 2. The van der Waals surface area contributed by atoms with Crippen molar-refractivity contribution in [3.8, 4) is 11.1 Å². The van der Waals surface area contributed by atoms with E-state index in [4.69, 9.17) is 9.72 Å². The molecular formula is C29H39N4O3-. The van der Waals surface area contributed by atoms with Gasteiger partial charge in [0.2, 0.25) is 5.91 Å². The number of benzene rings is 1. The van der Waals surface area contributed by atoms with Gasteiger partial charge in [-0.3, -0.25) is 21.1 Å².